The number of rotatable bonds is 7. The number of hydrogen-bond acceptors (Lipinski definition) is 7. The lowest BCUT2D eigenvalue weighted by Crippen LogP contribution is -2.24. The van der Waals surface area contributed by atoms with E-state index < -0.39 is 15.6 Å². The number of Topliss-reactive ketones (excluding diaryl/α,β-unsaturated/α-hetero) is 1. The Morgan fingerprint density at radius 1 is 1.23 bits per heavy atom. The number of ether oxygens (including phenoxy) is 1. The van der Waals surface area contributed by atoms with E-state index in [-0.39, 0.29) is 23.0 Å². The number of nitrogens with zero attached hydrogens (tertiary/aromatic N) is 1. The first kappa shape index (κ1) is 22.2. The highest BCUT2D eigenvalue weighted by molar-refractivity contribution is 7.92. The van der Waals surface area contributed by atoms with E-state index in [0.29, 0.717) is 21.9 Å². The molecule has 9 heteroatoms. The van der Waals surface area contributed by atoms with Gasteiger partial charge in [-0.3, -0.25) is 9.52 Å². The minimum absolute atomic E-state index is 0.0792. The van der Waals surface area contributed by atoms with Crippen LogP contribution in [-0.2, 0) is 14.8 Å². The smallest absolute Gasteiger partial charge is 0.261 e. The topological polar surface area (TPSA) is 98.5 Å². The second-order valence-corrected chi connectivity index (χ2v) is 10.4. The molecule has 2 heterocycles. The first-order chi connectivity index (χ1) is 14.0. The van der Waals surface area contributed by atoms with Gasteiger partial charge in [-0.2, -0.15) is 0 Å². The van der Waals surface area contributed by atoms with Crippen LogP contribution in [0.5, 0.6) is 0 Å². The molecule has 3 rings (SSSR count). The van der Waals surface area contributed by atoms with Gasteiger partial charge >= 0.3 is 0 Å². The fourth-order valence-electron chi connectivity index (χ4n) is 2.87. The van der Waals surface area contributed by atoms with Gasteiger partial charge in [-0.05, 0) is 63.8 Å². The summed E-state index contributed by atoms with van der Waals surface area (Å²) in [7, 11) is -3.91. The van der Waals surface area contributed by atoms with Crippen LogP contribution in [0, 0.1) is 13.8 Å². The second kappa shape index (κ2) is 8.33. The summed E-state index contributed by atoms with van der Waals surface area (Å²) >= 11 is 1.17. The third-order valence-corrected chi connectivity index (χ3v) is 6.58. The van der Waals surface area contributed by atoms with Gasteiger partial charge in [0.05, 0.1) is 26.8 Å². The zero-order valence-electron chi connectivity index (χ0n) is 17.5. The number of ketones is 1. The Bertz CT molecular complexity index is 1150. The highest BCUT2D eigenvalue weighted by Crippen LogP contribution is 2.30. The van der Waals surface area contributed by atoms with Crippen LogP contribution in [0.1, 0.15) is 41.9 Å². The van der Waals surface area contributed by atoms with Gasteiger partial charge in [0.2, 0.25) is 5.78 Å². The fraction of sp³-hybridized carbons (Fsp3) is 0.333. The summed E-state index contributed by atoms with van der Waals surface area (Å²) < 4.78 is 39.2. The van der Waals surface area contributed by atoms with Gasteiger partial charge in [0.1, 0.15) is 12.4 Å². The molecule has 3 aromatic rings. The maximum atomic E-state index is 13.0. The quantitative estimate of drug-likeness (QED) is 0.521. The Kier molecular flexibility index (Phi) is 6.16. The molecule has 0 atom stereocenters. The number of aromatic nitrogens is 1. The van der Waals surface area contributed by atoms with Gasteiger partial charge in [0, 0.05) is 5.56 Å². The van der Waals surface area contributed by atoms with E-state index in [9.17, 15) is 13.2 Å². The maximum Gasteiger partial charge on any atom is 0.261 e. The van der Waals surface area contributed by atoms with E-state index in [4.69, 9.17) is 9.26 Å². The normalized spacial score (nSPS) is 12.2. The molecule has 0 aliphatic heterocycles. The summed E-state index contributed by atoms with van der Waals surface area (Å²) in [5, 5.41) is 5.59. The van der Waals surface area contributed by atoms with Crippen LogP contribution < -0.4 is 4.72 Å². The number of aryl methyl sites for hydroxylation is 2. The van der Waals surface area contributed by atoms with Crippen molar-refractivity contribution in [2.75, 3.05) is 11.3 Å². The first-order valence-electron chi connectivity index (χ1n) is 9.29. The Balaban J connectivity index is 1.86. The molecule has 30 heavy (non-hydrogen) atoms. The van der Waals surface area contributed by atoms with Crippen molar-refractivity contribution in [3.8, 4) is 11.1 Å². The summed E-state index contributed by atoms with van der Waals surface area (Å²) in [5.74, 6) is 0.335. The van der Waals surface area contributed by atoms with Crippen molar-refractivity contribution < 1.29 is 22.5 Å². The van der Waals surface area contributed by atoms with Gasteiger partial charge in [-0.15, -0.1) is 11.3 Å². The molecule has 7 nitrogen and oxygen atoms in total. The van der Waals surface area contributed by atoms with E-state index in [2.05, 4.69) is 9.88 Å². The molecule has 160 valence electrons. The van der Waals surface area contributed by atoms with Crippen molar-refractivity contribution in [2.45, 2.75) is 45.1 Å². The van der Waals surface area contributed by atoms with Crippen LogP contribution in [0.2, 0.25) is 0 Å². The van der Waals surface area contributed by atoms with Gasteiger partial charge < -0.3 is 9.26 Å². The van der Waals surface area contributed by atoms with Gasteiger partial charge in [-0.25, -0.2) is 8.42 Å². The third-order valence-electron chi connectivity index (χ3n) is 4.27. The van der Waals surface area contributed by atoms with Crippen molar-refractivity contribution in [3.05, 3.63) is 52.0 Å². The molecule has 0 bridgehead atoms. The molecular formula is C21H24N2O5S2. The highest BCUT2D eigenvalue weighted by atomic mass is 32.2. The number of sulfonamides is 1. The molecule has 0 aliphatic carbocycles. The summed E-state index contributed by atoms with van der Waals surface area (Å²) in [4.78, 5) is 12.9. The average Bonchev–Trinajstić information content (AvgIpc) is 3.25. The molecule has 0 saturated carbocycles. The van der Waals surface area contributed by atoms with Crippen molar-refractivity contribution in [2.24, 2.45) is 0 Å². The summed E-state index contributed by atoms with van der Waals surface area (Å²) in [5.41, 5.74) is 1.91. The minimum atomic E-state index is -3.91. The minimum Gasteiger partial charge on any atom is -0.368 e. The number of benzene rings is 1. The molecule has 1 N–H and O–H groups in total. The van der Waals surface area contributed by atoms with Crippen molar-refractivity contribution in [1.29, 1.82) is 0 Å². The molecule has 0 radical (unpaired) electrons. The molecule has 0 unspecified atom stereocenters. The monoisotopic (exact) mass is 448 g/mol. The number of anilines is 1. The highest BCUT2D eigenvalue weighted by Gasteiger charge is 2.22. The maximum absolute atomic E-state index is 13.0. The zero-order valence-corrected chi connectivity index (χ0v) is 19.1. The number of carbonyl (C=O) groups is 1. The van der Waals surface area contributed by atoms with Crippen LogP contribution in [0.25, 0.3) is 11.1 Å². The van der Waals surface area contributed by atoms with Gasteiger partial charge in [0.15, 0.2) is 0 Å². The standard InChI is InChI=1S/C21H24N2O5S2/c1-13-19(14(2)28-22-13)15-7-6-8-16(11-15)30(25,26)23-17-9-10-29-20(17)18(24)12-27-21(3,4)5/h6-11,23H,12H2,1-5H3. The predicted molar refractivity (Wildman–Crippen MR) is 117 cm³/mol. The SMILES string of the molecule is Cc1noc(C)c1-c1cccc(S(=O)(=O)Nc2ccsc2C(=O)COC(C)(C)C)c1. The van der Waals surface area contributed by atoms with Crippen LogP contribution in [0.3, 0.4) is 0 Å². The lowest BCUT2D eigenvalue weighted by Gasteiger charge is -2.18. The van der Waals surface area contributed by atoms with E-state index in [1.807, 2.05) is 20.8 Å². The van der Waals surface area contributed by atoms with Crippen LogP contribution >= 0.6 is 11.3 Å². The van der Waals surface area contributed by atoms with E-state index >= 15 is 0 Å². The Morgan fingerprint density at radius 3 is 2.60 bits per heavy atom. The zero-order chi connectivity index (χ0) is 22.1. The number of hydrogen-bond donors (Lipinski definition) is 1. The average molecular weight is 449 g/mol. The number of nitrogens with one attached hydrogen (secondary N) is 1. The molecule has 0 amide bonds. The predicted octanol–water partition coefficient (Wildman–Crippen LogP) is 4.82. The molecule has 2 aromatic heterocycles. The molecular weight excluding hydrogens is 424 g/mol. The van der Waals surface area contributed by atoms with E-state index in [0.717, 1.165) is 5.56 Å². The van der Waals surface area contributed by atoms with Crippen molar-refractivity contribution in [3.63, 3.8) is 0 Å². The lowest BCUT2D eigenvalue weighted by molar-refractivity contribution is 0.00326. The fourth-order valence-corrected chi connectivity index (χ4v) is 4.83. The van der Waals surface area contributed by atoms with Crippen molar-refractivity contribution in [1.82, 2.24) is 5.16 Å². The third kappa shape index (κ3) is 4.97. The van der Waals surface area contributed by atoms with Gasteiger partial charge in [0.25, 0.3) is 10.0 Å². The molecule has 0 spiro atoms. The Morgan fingerprint density at radius 2 is 1.97 bits per heavy atom. The molecule has 1 aromatic carbocycles. The largest absolute Gasteiger partial charge is 0.368 e. The van der Waals surface area contributed by atoms with E-state index in [1.165, 1.54) is 17.4 Å². The van der Waals surface area contributed by atoms with Crippen LogP contribution in [0.15, 0.2) is 45.1 Å². The van der Waals surface area contributed by atoms with Gasteiger partial charge in [-0.1, -0.05) is 17.3 Å². The van der Waals surface area contributed by atoms with Crippen molar-refractivity contribution >= 4 is 32.8 Å². The van der Waals surface area contributed by atoms with Crippen LogP contribution in [0.4, 0.5) is 5.69 Å². The molecule has 0 saturated heterocycles. The summed E-state index contributed by atoms with van der Waals surface area (Å²) in [6, 6.07) is 8.10. The Labute approximate surface area is 180 Å². The summed E-state index contributed by atoms with van der Waals surface area (Å²) in [6.45, 7) is 9.00. The van der Waals surface area contributed by atoms with E-state index in [1.54, 1.807) is 43.5 Å². The second-order valence-electron chi connectivity index (χ2n) is 7.82. The Hall–Kier alpha value is -2.49. The first-order valence-corrected chi connectivity index (χ1v) is 11.6. The lowest BCUT2D eigenvalue weighted by atomic mass is 10.0. The number of thiophene rings is 1. The number of carbonyl (C=O) groups excluding carboxylic acids is 1. The van der Waals surface area contributed by atoms with Crippen LogP contribution in [-0.4, -0.2) is 31.6 Å². The molecule has 0 fully saturated rings. The summed E-state index contributed by atoms with van der Waals surface area (Å²) in [6.07, 6.45) is 0. The molecule has 0 aliphatic rings.